The summed E-state index contributed by atoms with van der Waals surface area (Å²) in [6.45, 7) is 11.5. The molecule has 3 atom stereocenters. The van der Waals surface area contributed by atoms with Gasteiger partial charge in [0.05, 0.1) is 5.60 Å². The van der Waals surface area contributed by atoms with Crippen LogP contribution in [0.25, 0.3) is 0 Å². The van der Waals surface area contributed by atoms with Crippen molar-refractivity contribution in [1.29, 1.82) is 0 Å². The largest absolute Gasteiger partial charge is 0.411 e. The Morgan fingerprint density at radius 2 is 2.00 bits per heavy atom. The van der Waals surface area contributed by atoms with Crippen molar-refractivity contribution in [2.45, 2.75) is 76.6 Å². The quantitative estimate of drug-likeness (QED) is 0.638. The minimum absolute atomic E-state index is 0.0265. The average Bonchev–Trinajstić information content (AvgIpc) is 2.69. The Labute approximate surface area is 97.1 Å². The van der Waals surface area contributed by atoms with Gasteiger partial charge in [0.25, 0.3) is 0 Å². The smallest absolute Gasteiger partial charge is 0.192 e. The van der Waals surface area contributed by atoms with E-state index in [1.165, 1.54) is 19.3 Å². The van der Waals surface area contributed by atoms with Gasteiger partial charge in [-0.2, -0.15) is 0 Å². The van der Waals surface area contributed by atoms with E-state index in [4.69, 9.17) is 5.80 Å². The molecule has 0 bridgehead atoms. The van der Waals surface area contributed by atoms with Gasteiger partial charge in [0, 0.05) is 1.37 Å². The highest BCUT2D eigenvalue weighted by Gasteiger charge is 2.59. The Kier molecular flexibility index (Phi) is 2.30. The molecule has 88 valence electrons. The van der Waals surface area contributed by atoms with Crippen LogP contribution in [-0.2, 0) is 4.43 Å². The highest BCUT2D eigenvalue weighted by molar-refractivity contribution is 6.74. The van der Waals surface area contributed by atoms with Crippen LogP contribution in [0.15, 0.2) is 0 Å². The van der Waals surface area contributed by atoms with Crippen LogP contribution in [0.3, 0.4) is 0 Å². The molecule has 0 aliphatic heterocycles. The zero-order chi connectivity index (χ0) is 12.2. The lowest BCUT2D eigenvalue weighted by Crippen LogP contribution is -2.45. The third kappa shape index (κ3) is 2.03. The van der Waals surface area contributed by atoms with Gasteiger partial charge in [0.2, 0.25) is 0 Å². The van der Waals surface area contributed by atoms with Gasteiger partial charge in [-0.25, -0.2) is 0 Å². The SMILES string of the molecule is [2H][C@H]1[C@@H]2CCCC[C@]12O[Si](C)(C)C(C)(C)C. The summed E-state index contributed by atoms with van der Waals surface area (Å²) in [7, 11) is -1.68. The van der Waals surface area contributed by atoms with E-state index in [1.807, 2.05) is 0 Å². The second-order valence-electron chi connectivity index (χ2n) is 6.84. The molecule has 0 unspecified atom stereocenters. The summed E-state index contributed by atoms with van der Waals surface area (Å²) in [5, 5.41) is 0.270. The Morgan fingerprint density at radius 3 is 2.53 bits per heavy atom. The highest BCUT2D eigenvalue weighted by Crippen LogP contribution is 2.59. The van der Waals surface area contributed by atoms with Crippen LogP contribution in [-0.4, -0.2) is 13.9 Å². The van der Waals surface area contributed by atoms with Gasteiger partial charge >= 0.3 is 0 Å². The van der Waals surface area contributed by atoms with Gasteiger partial charge in [0.1, 0.15) is 0 Å². The van der Waals surface area contributed by atoms with Crippen LogP contribution in [0.4, 0.5) is 0 Å². The topological polar surface area (TPSA) is 9.23 Å². The van der Waals surface area contributed by atoms with Crippen LogP contribution >= 0.6 is 0 Å². The van der Waals surface area contributed by atoms with Crippen LogP contribution in [0.5, 0.6) is 0 Å². The van der Waals surface area contributed by atoms with Crippen molar-refractivity contribution in [3.63, 3.8) is 0 Å². The third-order valence-electron chi connectivity index (χ3n) is 4.59. The summed E-state index contributed by atoms with van der Waals surface area (Å²) >= 11 is 0. The second kappa shape index (κ2) is 3.33. The molecule has 0 N–H and O–H groups in total. The molecule has 0 radical (unpaired) electrons. The van der Waals surface area contributed by atoms with Crippen molar-refractivity contribution in [2.24, 2.45) is 5.92 Å². The average molecular weight is 227 g/mol. The van der Waals surface area contributed by atoms with Crippen molar-refractivity contribution in [3.8, 4) is 0 Å². The molecule has 0 saturated heterocycles. The number of fused-ring (bicyclic) bond motifs is 1. The van der Waals surface area contributed by atoms with E-state index in [9.17, 15) is 0 Å². The highest BCUT2D eigenvalue weighted by atomic mass is 28.4. The maximum Gasteiger partial charge on any atom is 0.192 e. The van der Waals surface area contributed by atoms with Crippen LogP contribution in [0, 0.1) is 5.92 Å². The van der Waals surface area contributed by atoms with Crippen LogP contribution in [0.2, 0.25) is 18.1 Å². The predicted octanol–water partition coefficient (Wildman–Crippen LogP) is 4.34. The first-order valence-electron chi connectivity index (χ1n) is 6.91. The molecule has 0 aromatic rings. The van der Waals surface area contributed by atoms with E-state index in [-0.39, 0.29) is 17.0 Å². The molecule has 2 aliphatic rings. The molecular formula is C13H26OSi. The zero-order valence-corrected chi connectivity index (χ0v) is 11.9. The fourth-order valence-corrected chi connectivity index (χ4v) is 4.02. The van der Waals surface area contributed by atoms with Gasteiger partial charge in [-0.05, 0) is 43.3 Å². The molecule has 2 aliphatic carbocycles. The number of hydrogen-bond acceptors (Lipinski definition) is 1. The standard InChI is InChI=1S/C13H26OSi/c1-12(2,3)15(4,5)14-13-9-7-6-8-11(13)10-13/h11H,6-10H2,1-5H3/t11-,13-/m0/s1/i10D/t10-,11-,13-. The molecule has 0 spiro atoms. The normalized spacial score (nSPS) is 42.1. The van der Waals surface area contributed by atoms with Crippen LogP contribution in [0.1, 0.15) is 54.2 Å². The van der Waals surface area contributed by atoms with Gasteiger partial charge in [-0.3, -0.25) is 0 Å². The Hall–Kier alpha value is 0.177. The molecule has 2 rings (SSSR count). The Bertz CT molecular complexity index is 284. The van der Waals surface area contributed by atoms with Gasteiger partial charge in [0.15, 0.2) is 8.32 Å². The van der Waals surface area contributed by atoms with Crippen molar-refractivity contribution in [1.82, 2.24) is 0 Å². The van der Waals surface area contributed by atoms with Crippen LogP contribution < -0.4 is 0 Å². The number of hydrogen-bond donors (Lipinski definition) is 0. The fourth-order valence-electron chi connectivity index (χ4n) is 2.44. The lowest BCUT2D eigenvalue weighted by atomic mass is 9.98. The molecule has 15 heavy (non-hydrogen) atoms. The summed E-state index contributed by atoms with van der Waals surface area (Å²) in [6, 6.07) is 0. The summed E-state index contributed by atoms with van der Waals surface area (Å²) < 4.78 is 14.7. The maximum absolute atomic E-state index is 8.18. The molecule has 0 heterocycles. The number of rotatable bonds is 2. The first-order valence-corrected chi connectivity index (χ1v) is 9.24. The molecule has 0 aromatic heterocycles. The van der Waals surface area contributed by atoms with Gasteiger partial charge < -0.3 is 4.43 Å². The van der Waals surface area contributed by atoms with E-state index in [0.29, 0.717) is 5.92 Å². The first-order chi connectivity index (χ1) is 7.21. The molecule has 1 nitrogen and oxygen atoms in total. The van der Waals surface area contributed by atoms with E-state index in [1.54, 1.807) is 0 Å². The van der Waals surface area contributed by atoms with Gasteiger partial charge in [-0.15, -0.1) is 0 Å². The zero-order valence-electron chi connectivity index (χ0n) is 11.9. The van der Waals surface area contributed by atoms with Crippen molar-refractivity contribution < 1.29 is 5.80 Å². The summed E-state index contributed by atoms with van der Waals surface area (Å²) in [5.41, 5.74) is -0.0265. The van der Waals surface area contributed by atoms with E-state index >= 15 is 0 Å². The minimum atomic E-state index is -1.68. The fraction of sp³-hybridized carbons (Fsp3) is 1.00. The molecule has 2 heteroatoms. The Morgan fingerprint density at radius 1 is 1.33 bits per heavy atom. The van der Waals surface area contributed by atoms with E-state index < -0.39 is 8.32 Å². The van der Waals surface area contributed by atoms with Crippen molar-refractivity contribution in [3.05, 3.63) is 0 Å². The molecule has 2 fully saturated rings. The Balaban J connectivity index is 2.10. The van der Waals surface area contributed by atoms with Gasteiger partial charge in [-0.1, -0.05) is 33.6 Å². The summed E-state index contributed by atoms with van der Waals surface area (Å²) in [6.07, 6.45) is 5.01. The lowest BCUT2D eigenvalue weighted by molar-refractivity contribution is 0.111. The molecular weight excluding hydrogens is 200 g/mol. The van der Waals surface area contributed by atoms with Crippen molar-refractivity contribution in [2.75, 3.05) is 0 Å². The third-order valence-corrected chi connectivity index (χ3v) is 9.09. The van der Waals surface area contributed by atoms with E-state index in [0.717, 1.165) is 6.42 Å². The summed E-state index contributed by atoms with van der Waals surface area (Å²) in [5.74, 6) is 0.551. The monoisotopic (exact) mass is 227 g/mol. The minimum Gasteiger partial charge on any atom is -0.411 e. The molecule has 0 aromatic carbocycles. The van der Waals surface area contributed by atoms with Crippen molar-refractivity contribution >= 4 is 8.32 Å². The molecule has 0 amide bonds. The molecule has 2 saturated carbocycles. The lowest BCUT2D eigenvalue weighted by Gasteiger charge is -2.41. The van der Waals surface area contributed by atoms with E-state index in [2.05, 4.69) is 33.9 Å². The first kappa shape index (κ1) is 10.3. The predicted molar refractivity (Wildman–Crippen MR) is 67.6 cm³/mol. The second-order valence-corrected chi connectivity index (χ2v) is 11.6. The summed E-state index contributed by atoms with van der Waals surface area (Å²) in [4.78, 5) is 0. The maximum atomic E-state index is 8.18.